The minimum atomic E-state index is 0.520. The lowest BCUT2D eigenvalue weighted by Gasteiger charge is -2.17. The van der Waals surface area contributed by atoms with Gasteiger partial charge in [-0.2, -0.15) is 4.98 Å². The van der Waals surface area contributed by atoms with Gasteiger partial charge in [-0.1, -0.05) is 30.8 Å². The number of aromatic nitrogens is 5. The van der Waals surface area contributed by atoms with E-state index in [0.29, 0.717) is 17.7 Å². The number of thioether (sulfide) groups is 1. The van der Waals surface area contributed by atoms with Crippen LogP contribution in [0.3, 0.4) is 0 Å². The summed E-state index contributed by atoms with van der Waals surface area (Å²) in [7, 11) is 0. The molecule has 130 valence electrons. The summed E-state index contributed by atoms with van der Waals surface area (Å²) in [5.41, 5.74) is 0. The Labute approximate surface area is 146 Å². The molecule has 24 heavy (non-hydrogen) atoms. The van der Waals surface area contributed by atoms with Gasteiger partial charge in [0, 0.05) is 25.6 Å². The Kier molecular flexibility index (Phi) is 4.47. The van der Waals surface area contributed by atoms with Crippen molar-refractivity contribution in [1.29, 1.82) is 0 Å². The molecule has 1 aliphatic carbocycles. The van der Waals surface area contributed by atoms with Gasteiger partial charge >= 0.3 is 0 Å². The van der Waals surface area contributed by atoms with Gasteiger partial charge in [0.05, 0.1) is 5.75 Å². The second kappa shape index (κ2) is 6.74. The minimum Gasteiger partial charge on any atom is -0.341 e. The molecule has 0 atom stereocenters. The molecular formula is C16H24N6OS. The smallest absolute Gasteiger partial charge is 0.228 e. The molecule has 1 saturated heterocycles. The van der Waals surface area contributed by atoms with Crippen LogP contribution in [0.15, 0.2) is 9.68 Å². The maximum absolute atomic E-state index is 5.31. The second-order valence-electron chi connectivity index (χ2n) is 7.07. The fourth-order valence-electron chi connectivity index (χ4n) is 3.06. The van der Waals surface area contributed by atoms with Gasteiger partial charge in [-0.3, -0.25) is 4.57 Å². The molecule has 1 saturated carbocycles. The van der Waals surface area contributed by atoms with Crippen LogP contribution in [-0.4, -0.2) is 38.0 Å². The molecule has 8 heteroatoms. The average molecular weight is 348 g/mol. The van der Waals surface area contributed by atoms with Crippen molar-refractivity contribution in [3.63, 3.8) is 0 Å². The zero-order valence-electron chi connectivity index (χ0n) is 14.3. The van der Waals surface area contributed by atoms with Crippen molar-refractivity contribution in [2.24, 2.45) is 5.92 Å². The molecule has 0 unspecified atom stereocenters. The molecule has 2 aromatic rings. The molecular weight excluding hydrogens is 324 g/mol. The Balaban J connectivity index is 1.45. The van der Waals surface area contributed by atoms with Crippen molar-refractivity contribution in [2.45, 2.75) is 62.9 Å². The topological polar surface area (TPSA) is 72.9 Å². The fraction of sp³-hybridized carbons (Fsp3) is 0.750. The first-order valence-electron chi connectivity index (χ1n) is 8.85. The Hall–Kier alpha value is -1.57. The monoisotopic (exact) mass is 348 g/mol. The first kappa shape index (κ1) is 15.9. The summed E-state index contributed by atoms with van der Waals surface area (Å²) in [6.07, 6.45) is 5.79. The van der Waals surface area contributed by atoms with E-state index in [-0.39, 0.29) is 0 Å². The summed E-state index contributed by atoms with van der Waals surface area (Å²) in [6.45, 7) is 6.49. The van der Waals surface area contributed by atoms with Crippen molar-refractivity contribution in [3.05, 3.63) is 11.7 Å². The standard InChI is InChI=1S/C16H24N6OS/c1-11(2)9-14-17-13(20-23-14)10-24-16-19-18-15(21-7-3-4-8-21)22(16)12-5-6-12/h11-12H,3-10H2,1-2H3. The summed E-state index contributed by atoms with van der Waals surface area (Å²) in [6, 6.07) is 0.569. The maximum Gasteiger partial charge on any atom is 0.228 e. The number of nitrogens with zero attached hydrogens (tertiary/aromatic N) is 6. The average Bonchev–Trinajstić information content (AvgIpc) is 2.97. The fourth-order valence-corrected chi connectivity index (χ4v) is 3.91. The summed E-state index contributed by atoms with van der Waals surface area (Å²) < 4.78 is 7.64. The molecule has 7 nitrogen and oxygen atoms in total. The van der Waals surface area contributed by atoms with E-state index in [1.165, 1.54) is 25.7 Å². The van der Waals surface area contributed by atoms with E-state index in [4.69, 9.17) is 4.52 Å². The zero-order valence-corrected chi connectivity index (χ0v) is 15.1. The Morgan fingerprint density at radius 1 is 1.21 bits per heavy atom. The molecule has 0 aromatic carbocycles. The molecule has 2 fully saturated rings. The number of anilines is 1. The highest BCUT2D eigenvalue weighted by molar-refractivity contribution is 7.98. The van der Waals surface area contributed by atoms with Gasteiger partial charge in [-0.25, -0.2) is 0 Å². The Morgan fingerprint density at radius 2 is 2.00 bits per heavy atom. The van der Waals surface area contributed by atoms with Crippen LogP contribution in [0.5, 0.6) is 0 Å². The van der Waals surface area contributed by atoms with Crippen LogP contribution in [-0.2, 0) is 12.2 Å². The van der Waals surface area contributed by atoms with E-state index in [2.05, 4.69) is 43.7 Å². The summed E-state index contributed by atoms with van der Waals surface area (Å²) in [5, 5.41) is 14.0. The summed E-state index contributed by atoms with van der Waals surface area (Å²) in [5.74, 6) is 3.70. The third kappa shape index (κ3) is 3.43. The van der Waals surface area contributed by atoms with Crippen LogP contribution >= 0.6 is 11.8 Å². The van der Waals surface area contributed by atoms with Crippen LogP contribution in [0.4, 0.5) is 5.95 Å². The highest BCUT2D eigenvalue weighted by Gasteiger charge is 2.32. The molecule has 0 bridgehead atoms. The van der Waals surface area contributed by atoms with Crippen LogP contribution in [0.1, 0.15) is 57.3 Å². The molecule has 0 radical (unpaired) electrons. The van der Waals surface area contributed by atoms with E-state index < -0.39 is 0 Å². The van der Waals surface area contributed by atoms with Gasteiger partial charge in [-0.15, -0.1) is 10.2 Å². The molecule has 2 aromatic heterocycles. The van der Waals surface area contributed by atoms with Gasteiger partial charge in [0.2, 0.25) is 11.8 Å². The molecule has 0 amide bonds. The van der Waals surface area contributed by atoms with Crippen molar-refractivity contribution < 1.29 is 4.52 Å². The van der Waals surface area contributed by atoms with Crippen LogP contribution in [0.2, 0.25) is 0 Å². The first-order valence-corrected chi connectivity index (χ1v) is 9.83. The van der Waals surface area contributed by atoms with Gasteiger partial charge in [0.15, 0.2) is 11.0 Å². The number of hydrogen-bond acceptors (Lipinski definition) is 7. The maximum atomic E-state index is 5.31. The normalized spacial score (nSPS) is 18.0. The third-order valence-corrected chi connectivity index (χ3v) is 5.31. The summed E-state index contributed by atoms with van der Waals surface area (Å²) in [4.78, 5) is 6.84. The predicted octanol–water partition coefficient (Wildman–Crippen LogP) is 3.09. The number of hydrogen-bond donors (Lipinski definition) is 0. The van der Waals surface area contributed by atoms with E-state index in [1.807, 2.05) is 0 Å². The van der Waals surface area contributed by atoms with Gasteiger partial charge in [0.25, 0.3) is 0 Å². The lowest BCUT2D eigenvalue weighted by molar-refractivity contribution is 0.360. The second-order valence-corrected chi connectivity index (χ2v) is 8.01. The SMILES string of the molecule is CC(C)Cc1nc(CSc2nnc(N3CCCC3)n2C2CC2)no1. The van der Waals surface area contributed by atoms with Gasteiger partial charge < -0.3 is 9.42 Å². The van der Waals surface area contributed by atoms with E-state index in [1.54, 1.807) is 11.8 Å². The third-order valence-electron chi connectivity index (χ3n) is 4.37. The molecule has 3 heterocycles. The van der Waals surface area contributed by atoms with Crippen molar-refractivity contribution in [2.75, 3.05) is 18.0 Å². The van der Waals surface area contributed by atoms with Crippen molar-refractivity contribution >= 4 is 17.7 Å². The quantitative estimate of drug-likeness (QED) is 0.712. The van der Waals surface area contributed by atoms with E-state index in [0.717, 1.165) is 42.3 Å². The van der Waals surface area contributed by atoms with Crippen molar-refractivity contribution in [1.82, 2.24) is 24.9 Å². The highest BCUT2D eigenvalue weighted by atomic mass is 32.2. The molecule has 2 aliphatic rings. The van der Waals surface area contributed by atoms with E-state index in [9.17, 15) is 0 Å². The lowest BCUT2D eigenvalue weighted by atomic mass is 10.1. The molecule has 1 aliphatic heterocycles. The lowest BCUT2D eigenvalue weighted by Crippen LogP contribution is -2.22. The van der Waals surface area contributed by atoms with Gasteiger partial charge in [0.1, 0.15) is 0 Å². The van der Waals surface area contributed by atoms with Crippen LogP contribution < -0.4 is 4.90 Å². The van der Waals surface area contributed by atoms with E-state index >= 15 is 0 Å². The highest BCUT2D eigenvalue weighted by Crippen LogP contribution is 2.41. The van der Waals surface area contributed by atoms with Crippen LogP contribution in [0, 0.1) is 5.92 Å². The molecule has 0 N–H and O–H groups in total. The first-order chi connectivity index (χ1) is 11.7. The largest absolute Gasteiger partial charge is 0.341 e. The Morgan fingerprint density at radius 3 is 2.71 bits per heavy atom. The van der Waals surface area contributed by atoms with Crippen molar-refractivity contribution in [3.8, 4) is 0 Å². The Bertz CT molecular complexity index is 687. The van der Waals surface area contributed by atoms with Gasteiger partial charge in [-0.05, 0) is 31.6 Å². The summed E-state index contributed by atoms with van der Waals surface area (Å²) >= 11 is 1.66. The van der Waals surface area contributed by atoms with Crippen LogP contribution in [0.25, 0.3) is 0 Å². The minimum absolute atomic E-state index is 0.520. The predicted molar refractivity (Wildman–Crippen MR) is 92.1 cm³/mol. The number of rotatable bonds is 7. The zero-order chi connectivity index (χ0) is 16.5. The molecule has 0 spiro atoms. The molecule has 4 rings (SSSR count).